The Morgan fingerprint density at radius 1 is 1.10 bits per heavy atom. The van der Waals surface area contributed by atoms with E-state index >= 15 is 0 Å². The highest BCUT2D eigenvalue weighted by atomic mass is 32.1. The number of methoxy groups -OCH3 is 3. The first kappa shape index (κ1) is 27.7. The molecule has 0 saturated heterocycles. The molecule has 0 spiro atoms. The molecule has 39 heavy (non-hydrogen) atoms. The molecule has 0 bridgehead atoms. The van der Waals surface area contributed by atoms with Crippen LogP contribution in [0.2, 0.25) is 0 Å². The maximum absolute atomic E-state index is 13.9. The molecular formula is C29H28N2O7S. The molecule has 0 saturated carbocycles. The van der Waals surface area contributed by atoms with Gasteiger partial charge in [-0.1, -0.05) is 41.5 Å². The molecule has 0 amide bonds. The van der Waals surface area contributed by atoms with E-state index in [0.717, 1.165) is 0 Å². The van der Waals surface area contributed by atoms with E-state index in [2.05, 4.69) is 10.9 Å². The largest absolute Gasteiger partial charge is 0.496 e. The molecule has 0 N–H and O–H groups in total. The van der Waals surface area contributed by atoms with E-state index in [-0.39, 0.29) is 31.0 Å². The zero-order valence-electron chi connectivity index (χ0n) is 22.1. The fourth-order valence-electron chi connectivity index (χ4n) is 4.23. The van der Waals surface area contributed by atoms with Gasteiger partial charge < -0.3 is 23.7 Å². The number of terminal acetylenes is 1. The van der Waals surface area contributed by atoms with Crippen LogP contribution in [0.15, 0.2) is 63.5 Å². The van der Waals surface area contributed by atoms with Gasteiger partial charge in [0.2, 0.25) is 0 Å². The Labute approximate surface area is 229 Å². The van der Waals surface area contributed by atoms with Crippen molar-refractivity contribution in [2.45, 2.75) is 13.0 Å². The van der Waals surface area contributed by atoms with Gasteiger partial charge in [-0.15, -0.1) is 6.42 Å². The lowest BCUT2D eigenvalue weighted by molar-refractivity contribution is -0.140. The van der Waals surface area contributed by atoms with Crippen LogP contribution in [0.1, 0.15) is 24.1 Å². The van der Waals surface area contributed by atoms with Crippen LogP contribution in [0.5, 0.6) is 17.2 Å². The van der Waals surface area contributed by atoms with Crippen LogP contribution >= 0.6 is 11.3 Å². The Balaban J connectivity index is 1.87. The number of ether oxygens (including phenoxy) is 5. The number of thiazole rings is 1. The topological polar surface area (TPSA) is 97.6 Å². The van der Waals surface area contributed by atoms with E-state index in [0.29, 0.717) is 43.4 Å². The molecular weight excluding hydrogens is 520 g/mol. The number of esters is 1. The maximum Gasteiger partial charge on any atom is 0.338 e. The van der Waals surface area contributed by atoms with Gasteiger partial charge in [0.05, 0.1) is 36.6 Å². The van der Waals surface area contributed by atoms with Gasteiger partial charge in [-0.3, -0.25) is 9.36 Å². The molecule has 1 aliphatic rings. The molecule has 10 heteroatoms. The summed E-state index contributed by atoms with van der Waals surface area (Å²) in [5, 5.41) is 0. The third kappa shape index (κ3) is 5.74. The molecule has 9 nitrogen and oxygen atoms in total. The summed E-state index contributed by atoms with van der Waals surface area (Å²) in [6, 6.07) is 11.7. The Morgan fingerprint density at radius 3 is 2.59 bits per heavy atom. The Morgan fingerprint density at radius 2 is 1.87 bits per heavy atom. The fraction of sp³-hybridized carbons (Fsp3) is 0.276. The predicted molar refractivity (Wildman–Crippen MR) is 147 cm³/mol. The van der Waals surface area contributed by atoms with Gasteiger partial charge in [0.25, 0.3) is 5.56 Å². The standard InChI is InChI=1S/C29H28N2O7S/c1-6-13-37-22-12-11-19(16-23(22)36-5)17-24-27(32)31-26(20-9-7-8-10-21(20)35-4)25(18(2)30-29(31)39-24)28(33)38-15-14-34-3/h1,7-12,16-17,26H,13-15H2,2-5H3. The highest BCUT2D eigenvalue weighted by Crippen LogP contribution is 2.35. The summed E-state index contributed by atoms with van der Waals surface area (Å²) < 4.78 is 29.0. The summed E-state index contributed by atoms with van der Waals surface area (Å²) >= 11 is 1.22. The third-order valence-corrected chi connectivity index (χ3v) is 6.98. The van der Waals surface area contributed by atoms with Gasteiger partial charge in [0.15, 0.2) is 16.3 Å². The van der Waals surface area contributed by atoms with Crippen molar-refractivity contribution in [2.75, 3.05) is 41.2 Å². The highest BCUT2D eigenvalue weighted by Gasteiger charge is 2.35. The normalized spacial score (nSPS) is 14.7. The van der Waals surface area contributed by atoms with Crippen molar-refractivity contribution < 1.29 is 28.5 Å². The molecule has 202 valence electrons. The second-order valence-corrected chi connectivity index (χ2v) is 9.36. The minimum absolute atomic E-state index is 0.0675. The van der Waals surface area contributed by atoms with Gasteiger partial charge in [-0.25, -0.2) is 9.79 Å². The SMILES string of the molecule is C#CCOc1ccc(C=c2sc3n(c2=O)C(c2ccccc2OC)C(C(=O)OCCOC)=C(C)N=3)cc1OC. The molecule has 1 aliphatic heterocycles. The van der Waals surface area contributed by atoms with Crippen LogP contribution < -0.4 is 29.1 Å². The first-order valence-electron chi connectivity index (χ1n) is 12.0. The molecule has 0 aliphatic carbocycles. The molecule has 4 rings (SSSR count). The summed E-state index contributed by atoms with van der Waals surface area (Å²) in [4.78, 5) is 32.2. The van der Waals surface area contributed by atoms with Crippen molar-refractivity contribution in [1.82, 2.24) is 4.57 Å². The Kier molecular flexibility index (Phi) is 8.86. The van der Waals surface area contributed by atoms with Crippen LogP contribution in [-0.2, 0) is 14.3 Å². The number of rotatable bonds is 10. The Hall–Kier alpha value is -4.33. The van der Waals surface area contributed by atoms with Crippen LogP contribution in [0.4, 0.5) is 0 Å². The van der Waals surface area contributed by atoms with Crippen molar-refractivity contribution >= 4 is 23.4 Å². The first-order valence-corrected chi connectivity index (χ1v) is 12.8. The average Bonchev–Trinajstić information content (AvgIpc) is 3.25. The van der Waals surface area contributed by atoms with Crippen molar-refractivity contribution in [3.8, 4) is 29.6 Å². The number of hydrogen-bond donors (Lipinski definition) is 0. The molecule has 1 unspecified atom stereocenters. The zero-order valence-corrected chi connectivity index (χ0v) is 22.9. The predicted octanol–water partition coefficient (Wildman–Crippen LogP) is 2.45. The number of carbonyl (C=O) groups is 1. The number of benzene rings is 2. The minimum atomic E-state index is -0.802. The minimum Gasteiger partial charge on any atom is -0.496 e. The second-order valence-electron chi connectivity index (χ2n) is 8.36. The van der Waals surface area contributed by atoms with Crippen molar-refractivity contribution in [2.24, 2.45) is 4.99 Å². The van der Waals surface area contributed by atoms with Crippen molar-refractivity contribution in [3.05, 3.63) is 84.5 Å². The maximum atomic E-state index is 13.9. The van der Waals surface area contributed by atoms with Crippen LogP contribution in [-0.4, -0.2) is 51.7 Å². The highest BCUT2D eigenvalue weighted by molar-refractivity contribution is 7.07. The lowest BCUT2D eigenvalue weighted by Gasteiger charge is -2.26. The summed E-state index contributed by atoms with van der Waals surface area (Å²) in [7, 11) is 4.59. The average molecular weight is 549 g/mol. The molecule has 2 heterocycles. The molecule has 1 atom stereocenters. The third-order valence-electron chi connectivity index (χ3n) is 5.99. The van der Waals surface area contributed by atoms with E-state index < -0.39 is 12.0 Å². The number of fused-ring (bicyclic) bond motifs is 1. The number of hydrogen-bond acceptors (Lipinski definition) is 9. The smallest absolute Gasteiger partial charge is 0.338 e. The van der Waals surface area contributed by atoms with Gasteiger partial charge in [-0.05, 0) is 36.8 Å². The molecule has 2 aromatic carbocycles. The van der Waals surface area contributed by atoms with E-state index in [1.807, 2.05) is 18.2 Å². The second kappa shape index (κ2) is 12.5. The van der Waals surface area contributed by atoms with E-state index in [1.54, 1.807) is 44.4 Å². The van der Waals surface area contributed by atoms with Crippen LogP contribution in [0, 0.1) is 12.3 Å². The van der Waals surface area contributed by atoms with Crippen molar-refractivity contribution in [1.29, 1.82) is 0 Å². The number of carbonyl (C=O) groups excluding carboxylic acids is 1. The summed E-state index contributed by atoms with van der Waals surface area (Å²) in [5.74, 6) is 3.35. The molecule has 0 radical (unpaired) electrons. The van der Waals surface area contributed by atoms with Gasteiger partial charge in [0, 0.05) is 12.7 Å². The lowest BCUT2D eigenvalue weighted by atomic mass is 9.95. The van der Waals surface area contributed by atoms with Gasteiger partial charge >= 0.3 is 5.97 Å². The number of aromatic nitrogens is 1. The summed E-state index contributed by atoms with van der Waals surface area (Å²) in [6.45, 7) is 2.14. The number of allylic oxidation sites excluding steroid dienone is 1. The molecule has 1 aromatic heterocycles. The first-order chi connectivity index (χ1) is 18.9. The van der Waals surface area contributed by atoms with Crippen LogP contribution in [0.25, 0.3) is 6.08 Å². The fourth-order valence-corrected chi connectivity index (χ4v) is 5.28. The van der Waals surface area contributed by atoms with Gasteiger partial charge in [0.1, 0.15) is 25.0 Å². The lowest BCUT2D eigenvalue weighted by Crippen LogP contribution is -2.40. The van der Waals surface area contributed by atoms with Crippen LogP contribution in [0.3, 0.4) is 0 Å². The van der Waals surface area contributed by atoms with E-state index in [4.69, 9.17) is 30.1 Å². The number of nitrogens with zero attached hydrogens (tertiary/aromatic N) is 2. The molecule has 0 fully saturated rings. The quantitative estimate of drug-likeness (QED) is 0.218. The monoisotopic (exact) mass is 548 g/mol. The Bertz CT molecular complexity index is 1630. The summed E-state index contributed by atoms with van der Waals surface area (Å²) in [5.41, 5.74) is 1.76. The van der Waals surface area contributed by atoms with Crippen molar-refractivity contribution in [3.63, 3.8) is 0 Å². The zero-order chi connectivity index (χ0) is 27.9. The van der Waals surface area contributed by atoms with E-state index in [1.165, 1.54) is 30.1 Å². The summed E-state index contributed by atoms with van der Waals surface area (Å²) in [6.07, 6.45) is 7.03. The van der Waals surface area contributed by atoms with Gasteiger partial charge in [-0.2, -0.15) is 0 Å². The van der Waals surface area contributed by atoms with E-state index in [9.17, 15) is 9.59 Å². The molecule has 3 aromatic rings. The number of para-hydroxylation sites is 1.